The summed E-state index contributed by atoms with van der Waals surface area (Å²) in [4.78, 5) is 13.8. The van der Waals surface area contributed by atoms with E-state index in [2.05, 4.69) is 36.2 Å². The van der Waals surface area contributed by atoms with Gasteiger partial charge < -0.3 is 10.4 Å². The molecule has 116 valence electrons. The summed E-state index contributed by atoms with van der Waals surface area (Å²) < 4.78 is 0. The molecule has 1 unspecified atom stereocenters. The highest BCUT2D eigenvalue weighted by Crippen LogP contribution is 2.23. The molecule has 4 nitrogen and oxygen atoms in total. The first-order valence-corrected chi connectivity index (χ1v) is 7.84. The van der Waals surface area contributed by atoms with E-state index in [1.807, 2.05) is 12.1 Å². The van der Waals surface area contributed by atoms with Gasteiger partial charge in [-0.3, -0.25) is 9.69 Å². The van der Waals surface area contributed by atoms with Gasteiger partial charge in [0.25, 0.3) is 0 Å². The SMILES string of the molecule is CC(C)Cc1ccc(C(C(=O)O)N2CCCNCC2)cc1. The second kappa shape index (κ2) is 7.57. The summed E-state index contributed by atoms with van der Waals surface area (Å²) in [6.45, 7) is 7.82. The van der Waals surface area contributed by atoms with Crippen LogP contribution in [0.2, 0.25) is 0 Å². The number of carboxylic acids is 1. The minimum absolute atomic E-state index is 0.530. The van der Waals surface area contributed by atoms with Crippen LogP contribution in [0.25, 0.3) is 0 Å². The molecule has 0 bridgehead atoms. The Kier molecular flexibility index (Phi) is 5.76. The van der Waals surface area contributed by atoms with E-state index in [1.165, 1.54) is 5.56 Å². The third kappa shape index (κ3) is 4.55. The lowest BCUT2D eigenvalue weighted by Gasteiger charge is -2.27. The van der Waals surface area contributed by atoms with Crippen LogP contribution in [0.15, 0.2) is 24.3 Å². The summed E-state index contributed by atoms with van der Waals surface area (Å²) in [5.41, 5.74) is 2.16. The van der Waals surface area contributed by atoms with Crippen molar-refractivity contribution in [2.45, 2.75) is 32.7 Å². The Hall–Kier alpha value is -1.39. The molecule has 21 heavy (non-hydrogen) atoms. The van der Waals surface area contributed by atoms with Gasteiger partial charge in [0.05, 0.1) is 0 Å². The Morgan fingerprint density at radius 1 is 1.24 bits per heavy atom. The zero-order valence-electron chi connectivity index (χ0n) is 13.0. The molecule has 1 aliphatic heterocycles. The average molecular weight is 290 g/mol. The van der Waals surface area contributed by atoms with Crippen LogP contribution >= 0.6 is 0 Å². The largest absolute Gasteiger partial charge is 0.480 e. The van der Waals surface area contributed by atoms with Gasteiger partial charge in [0.1, 0.15) is 6.04 Å². The molecule has 1 heterocycles. The maximum Gasteiger partial charge on any atom is 0.325 e. The second-order valence-corrected chi connectivity index (χ2v) is 6.22. The summed E-state index contributed by atoms with van der Waals surface area (Å²) in [5, 5.41) is 12.9. The van der Waals surface area contributed by atoms with E-state index in [9.17, 15) is 9.90 Å². The van der Waals surface area contributed by atoms with Crippen molar-refractivity contribution in [3.05, 3.63) is 35.4 Å². The molecule has 1 atom stereocenters. The molecule has 1 aromatic rings. The van der Waals surface area contributed by atoms with Crippen molar-refractivity contribution in [2.24, 2.45) is 5.92 Å². The smallest absolute Gasteiger partial charge is 0.325 e. The van der Waals surface area contributed by atoms with Gasteiger partial charge in [-0.15, -0.1) is 0 Å². The summed E-state index contributed by atoms with van der Waals surface area (Å²) in [5.74, 6) is -0.142. The third-order valence-corrected chi connectivity index (χ3v) is 3.91. The van der Waals surface area contributed by atoms with Crippen molar-refractivity contribution in [2.75, 3.05) is 26.2 Å². The van der Waals surface area contributed by atoms with Gasteiger partial charge in [0.15, 0.2) is 0 Å². The molecule has 0 spiro atoms. The van der Waals surface area contributed by atoms with Crippen LogP contribution in [-0.2, 0) is 11.2 Å². The molecule has 2 rings (SSSR count). The fraction of sp³-hybridized carbons (Fsp3) is 0.588. The zero-order chi connectivity index (χ0) is 15.2. The van der Waals surface area contributed by atoms with Crippen LogP contribution in [0.4, 0.5) is 0 Å². The van der Waals surface area contributed by atoms with Crippen LogP contribution in [0.5, 0.6) is 0 Å². The van der Waals surface area contributed by atoms with E-state index in [1.54, 1.807) is 0 Å². The molecule has 1 fully saturated rings. The molecule has 0 saturated carbocycles. The molecule has 1 aliphatic rings. The highest BCUT2D eigenvalue weighted by atomic mass is 16.4. The van der Waals surface area contributed by atoms with Crippen molar-refractivity contribution in [1.82, 2.24) is 10.2 Å². The van der Waals surface area contributed by atoms with Gasteiger partial charge in [0, 0.05) is 19.6 Å². The van der Waals surface area contributed by atoms with Gasteiger partial charge in [-0.2, -0.15) is 0 Å². The number of aliphatic carboxylic acids is 1. The molecular formula is C17H26N2O2. The first-order chi connectivity index (χ1) is 10.1. The molecule has 4 heteroatoms. The molecule has 1 saturated heterocycles. The number of hydrogen-bond donors (Lipinski definition) is 2. The number of benzene rings is 1. The first-order valence-electron chi connectivity index (χ1n) is 7.84. The minimum Gasteiger partial charge on any atom is -0.480 e. The van der Waals surface area contributed by atoms with Crippen LogP contribution < -0.4 is 5.32 Å². The Bertz CT molecular complexity index is 448. The molecular weight excluding hydrogens is 264 g/mol. The molecule has 2 N–H and O–H groups in total. The molecule has 0 aromatic heterocycles. The van der Waals surface area contributed by atoms with Crippen molar-refractivity contribution in [3.8, 4) is 0 Å². The standard InChI is InChI=1S/C17H26N2O2/c1-13(2)12-14-4-6-15(7-5-14)16(17(20)21)19-10-3-8-18-9-11-19/h4-7,13,16,18H,3,8-12H2,1-2H3,(H,20,21). The number of nitrogens with zero attached hydrogens (tertiary/aromatic N) is 1. The topological polar surface area (TPSA) is 52.6 Å². The van der Waals surface area contributed by atoms with Gasteiger partial charge in [-0.05, 0) is 36.4 Å². The summed E-state index contributed by atoms with van der Waals surface area (Å²) in [6, 6.07) is 7.57. The number of carbonyl (C=O) groups is 1. The van der Waals surface area contributed by atoms with E-state index in [4.69, 9.17) is 0 Å². The van der Waals surface area contributed by atoms with Crippen LogP contribution in [0.1, 0.15) is 37.4 Å². The van der Waals surface area contributed by atoms with Crippen LogP contribution in [0.3, 0.4) is 0 Å². The van der Waals surface area contributed by atoms with Crippen molar-refractivity contribution in [3.63, 3.8) is 0 Å². The van der Waals surface area contributed by atoms with E-state index in [0.29, 0.717) is 5.92 Å². The summed E-state index contributed by atoms with van der Waals surface area (Å²) >= 11 is 0. The van der Waals surface area contributed by atoms with Gasteiger partial charge >= 0.3 is 5.97 Å². The van der Waals surface area contributed by atoms with Crippen molar-refractivity contribution >= 4 is 5.97 Å². The Balaban J connectivity index is 2.15. The van der Waals surface area contributed by atoms with E-state index in [-0.39, 0.29) is 0 Å². The Morgan fingerprint density at radius 3 is 2.57 bits per heavy atom. The van der Waals surface area contributed by atoms with Crippen LogP contribution in [-0.4, -0.2) is 42.2 Å². The van der Waals surface area contributed by atoms with Gasteiger partial charge in [0.2, 0.25) is 0 Å². The number of carboxylic acid groups (broad SMARTS) is 1. The Morgan fingerprint density at radius 2 is 1.95 bits per heavy atom. The second-order valence-electron chi connectivity index (χ2n) is 6.22. The van der Waals surface area contributed by atoms with Gasteiger partial charge in [-0.25, -0.2) is 0 Å². The fourth-order valence-electron chi connectivity index (χ4n) is 2.94. The van der Waals surface area contributed by atoms with E-state index >= 15 is 0 Å². The average Bonchev–Trinajstić information content (AvgIpc) is 2.69. The zero-order valence-corrected chi connectivity index (χ0v) is 13.0. The monoisotopic (exact) mass is 290 g/mol. The fourth-order valence-corrected chi connectivity index (χ4v) is 2.94. The minimum atomic E-state index is -0.756. The number of rotatable bonds is 5. The molecule has 0 aliphatic carbocycles. The first kappa shape index (κ1) is 16.0. The van der Waals surface area contributed by atoms with Crippen molar-refractivity contribution in [1.29, 1.82) is 0 Å². The predicted molar refractivity (Wildman–Crippen MR) is 84.4 cm³/mol. The van der Waals surface area contributed by atoms with Crippen molar-refractivity contribution < 1.29 is 9.90 Å². The normalized spacial score (nSPS) is 18.4. The summed E-state index contributed by atoms with van der Waals surface area (Å²) in [7, 11) is 0. The third-order valence-electron chi connectivity index (χ3n) is 3.91. The molecule has 0 radical (unpaired) electrons. The maximum atomic E-state index is 11.7. The predicted octanol–water partition coefficient (Wildman–Crippen LogP) is 2.31. The molecule has 1 aromatic carbocycles. The summed E-state index contributed by atoms with van der Waals surface area (Å²) in [6.07, 6.45) is 2.03. The highest BCUT2D eigenvalue weighted by molar-refractivity contribution is 5.75. The Labute approximate surface area is 127 Å². The highest BCUT2D eigenvalue weighted by Gasteiger charge is 2.27. The lowest BCUT2D eigenvalue weighted by atomic mass is 9.98. The number of hydrogen-bond acceptors (Lipinski definition) is 3. The van der Waals surface area contributed by atoms with Crippen LogP contribution in [0, 0.1) is 5.92 Å². The van der Waals surface area contributed by atoms with Gasteiger partial charge in [-0.1, -0.05) is 38.1 Å². The quantitative estimate of drug-likeness (QED) is 0.874. The lowest BCUT2D eigenvalue weighted by molar-refractivity contribution is -0.143. The van der Waals surface area contributed by atoms with E-state index < -0.39 is 12.0 Å². The molecule has 0 amide bonds. The number of nitrogens with one attached hydrogen (secondary N) is 1. The maximum absolute atomic E-state index is 11.7. The van der Waals surface area contributed by atoms with E-state index in [0.717, 1.165) is 44.6 Å². The lowest BCUT2D eigenvalue weighted by Crippen LogP contribution is -2.36.